The van der Waals surface area contributed by atoms with Gasteiger partial charge in [0.15, 0.2) is 0 Å². The summed E-state index contributed by atoms with van der Waals surface area (Å²) < 4.78 is 2.12. The number of phenolic OH excluding ortho intramolecular Hbond substituents is 1. The molecule has 35 heavy (non-hydrogen) atoms. The average Bonchev–Trinajstić information content (AvgIpc) is 3.17. The number of pyridine rings is 1. The molecule has 0 radical (unpaired) electrons. The lowest BCUT2D eigenvalue weighted by molar-refractivity contribution is 0.472. The van der Waals surface area contributed by atoms with Gasteiger partial charge in [-0.25, -0.2) is 4.98 Å². The summed E-state index contributed by atoms with van der Waals surface area (Å²) in [5.74, 6) is 1.07. The molecule has 2 heterocycles. The zero-order valence-electron chi connectivity index (χ0n) is 21.2. The summed E-state index contributed by atoms with van der Waals surface area (Å²) in [6.45, 7) is 11.1. The molecule has 5 heteroatoms. The fourth-order valence-corrected chi connectivity index (χ4v) is 5.84. The first-order chi connectivity index (χ1) is 16.6. The van der Waals surface area contributed by atoms with Crippen LogP contribution in [0, 0.1) is 13.8 Å². The van der Waals surface area contributed by atoms with E-state index in [1.165, 1.54) is 5.19 Å². The zero-order valence-corrected chi connectivity index (χ0v) is 22.2. The van der Waals surface area contributed by atoms with Crippen molar-refractivity contribution in [3.05, 3.63) is 84.1 Å². The van der Waals surface area contributed by atoms with Crippen LogP contribution in [0.15, 0.2) is 72.9 Å². The molecule has 5 aromatic rings. The van der Waals surface area contributed by atoms with Crippen LogP contribution in [-0.2, 0) is 7.05 Å². The van der Waals surface area contributed by atoms with Crippen LogP contribution in [-0.4, -0.2) is 27.7 Å². The van der Waals surface area contributed by atoms with Crippen molar-refractivity contribution in [2.24, 2.45) is 7.05 Å². The lowest BCUT2D eigenvalue weighted by atomic mass is 10.00. The molecule has 0 atom stereocenters. The summed E-state index contributed by atoms with van der Waals surface area (Å²) in [5, 5.41) is 12.3. The number of hydrogen-bond donors (Lipinski definition) is 1. The molecule has 176 valence electrons. The van der Waals surface area contributed by atoms with Crippen LogP contribution in [0.4, 0.5) is 0 Å². The number of hydrogen-bond acceptors (Lipinski definition) is 3. The first-order valence-electron chi connectivity index (χ1n) is 12.0. The number of imidazole rings is 1. The van der Waals surface area contributed by atoms with E-state index in [0.717, 1.165) is 55.9 Å². The fraction of sp³-hybridized carbons (Fsp3) is 0.200. The van der Waals surface area contributed by atoms with Crippen LogP contribution in [0.2, 0.25) is 19.6 Å². The maximum Gasteiger partial charge on any atom is 0.144 e. The lowest BCUT2D eigenvalue weighted by Gasteiger charge is -2.19. The summed E-state index contributed by atoms with van der Waals surface area (Å²) in [5.41, 5.74) is 9.02. The average molecular weight is 478 g/mol. The molecule has 0 unspecified atom stereocenters. The highest BCUT2D eigenvalue weighted by molar-refractivity contribution is 6.88. The third kappa shape index (κ3) is 4.17. The summed E-state index contributed by atoms with van der Waals surface area (Å²) in [7, 11) is 0.429. The van der Waals surface area contributed by atoms with Gasteiger partial charge in [0.1, 0.15) is 11.6 Å². The van der Waals surface area contributed by atoms with Crippen LogP contribution in [0.1, 0.15) is 11.1 Å². The Balaban J connectivity index is 1.80. The standard InChI is InChI=1S/C30H31N3OSi/c1-19-14-20(2)29(34)25(15-19)30-32-28-24(17-23(35(4,5)6)18-27(28)33(30)3)21-10-9-11-22(16-21)26-12-7-8-13-31-26/h7-18,34H,1-6H3. The highest BCUT2D eigenvalue weighted by Crippen LogP contribution is 2.37. The van der Waals surface area contributed by atoms with Crippen LogP contribution in [0.5, 0.6) is 5.75 Å². The molecule has 0 aliphatic heterocycles. The van der Waals surface area contributed by atoms with Crippen LogP contribution in [0.3, 0.4) is 0 Å². The third-order valence-corrected chi connectivity index (χ3v) is 8.69. The van der Waals surface area contributed by atoms with Gasteiger partial charge in [0.2, 0.25) is 0 Å². The molecule has 0 spiro atoms. The summed E-state index contributed by atoms with van der Waals surface area (Å²) >= 11 is 0. The minimum atomic E-state index is -1.62. The second kappa shape index (κ2) is 8.50. The van der Waals surface area contributed by atoms with E-state index in [1.807, 2.05) is 50.5 Å². The fourth-order valence-electron chi connectivity index (χ4n) is 4.69. The molecule has 3 aromatic carbocycles. The van der Waals surface area contributed by atoms with Gasteiger partial charge in [-0.2, -0.15) is 0 Å². The smallest absolute Gasteiger partial charge is 0.144 e. The number of aromatic nitrogens is 3. The van der Waals surface area contributed by atoms with Crippen LogP contribution >= 0.6 is 0 Å². The zero-order chi connectivity index (χ0) is 24.9. The molecule has 2 aromatic heterocycles. The summed E-state index contributed by atoms with van der Waals surface area (Å²) in [4.78, 5) is 9.68. The normalized spacial score (nSPS) is 11.8. The van der Waals surface area contributed by atoms with Gasteiger partial charge in [0, 0.05) is 24.4 Å². The van der Waals surface area contributed by atoms with Gasteiger partial charge in [0.25, 0.3) is 0 Å². The topological polar surface area (TPSA) is 50.9 Å². The van der Waals surface area contributed by atoms with E-state index >= 15 is 0 Å². The Kier molecular flexibility index (Phi) is 5.60. The molecule has 0 amide bonds. The van der Waals surface area contributed by atoms with E-state index in [-0.39, 0.29) is 5.75 Å². The van der Waals surface area contributed by atoms with Crippen molar-refractivity contribution in [2.45, 2.75) is 33.5 Å². The highest BCUT2D eigenvalue weighted by atomic mass is 28.3. The first-order valence-corrected chi connectivity index (χ1v) is 15.5. The maximum atomic E-state index is 10.9. The summed E-state index contributed by atoms with van der Waals surface area (Å²) in [6.07, 6.45) is 1.83. The Labute approximate surface area is 208 Å². The van der Waals surface area contributed by atoms with E-state index in [1.54, 1.807) is 0 Å². The van der Waals surface area contributed by atoms with Crippen molar-refractivity contribution in [2.75, 3.05) is 0 Å². The number of aromatic hydroxyl groups is 1. The first kappa shape index (κ1) is 23.1. The Morgan fingerprint density at radius 2 is 1.60 bits per heavy atom. The van der Waals surface area contributed by atoms with Crippen molar-refractivity contribution >= 4 is 24.3 Å². The van der Waals surface area contributed by atoms with Gasteiger partial charge in [-0.3, -0.25) is 4.98 Å². The van der Waals surface area contributed by atoms with Gasteiger partial charge >= 0.3 is 0 Å². The minimum absolute atomic E-state index is 0.290. The molecule has 4 nitrogen and oxygen atoms in total. The lowest BCUT2D eigenvalue weighted by Crippen LogP contribution is -2.37. The Hall–Kier alpha value is -3.70. The van der Waals surface area contributed by atoms with Crippen LogP contribution in [0.25, 0.3) is 44.8 Å². The number of rotatable bonds is 4. The van der Waals surface area contributed by atoms with Crippen molar-refractivity contribution in [1.82, 2.24) is 14.5 Å². The second-order valence-electron chi connectivity index (χ2n) is 10.4. The molecule has 0 bridgehead atoms. The van der Waals surface area contributed by atoms with E-state index in [4.69, 9.17) is 4.98 Å². The van der Waals surface area contributed by atoms with Crippen molar-refractivity contribution in [3.63, 3.8) is 0 Å². The number of nitrogens with zero attached hydrogens (tertiary/aromatic N) is 3. The molecule has 1 N–H and O–H groups in total. The van der Waals surface area contributed by atoms with E-state index in [9.17, 15) is 5.11 Å². The SMILES string of the molecule is Cc1cc(C)c(O)c(-c2nc3c(-c4cccc(-c5ccccn5)c4)cc([Si](C)(C)C)cc3n2C)c1. The molecular weight excluding hydrogens is 446 g/mol. The third-order valence-electron chi connectivity index (χ3n) is 6.67. The number of phenols is 1. The van der Waals surface area contributed by atoms with Gasteiger partial charge in [-0.15, -0.1) is 0 Å². The van der Waals surface area contributed by atoms with Crippen molar-refractivity contribution in [1.29, 1.82) is 0 Å². The van der Waals surface area contributed by atoms with Gasteiger partial charge in [-0.05, 0) is 60.9 Å². The maximum absolute atomic E-state index is 10.9. The Morgan fingerprint density at radius 3 is 2.31 bits per heavy atom. The summed E-state index contributed by atoms with van der Waals surface area (Å²) in [6, 6.07) is 23.2. The Bertz CT molecular complexity index is 1560. The quantitative estimate of drug-likeness (QED) is 0.288. The van der Waals surface area contributed by atoms with Gasteiger partial charge < -0.3 is 9.67 Å². The van der Waals surface area contributed by atoms with Gasteiger partial charge in [-0.1, -0.05) is 61.2 Å². The predicted molar refractivity (Wildman–Crippen MR) is 149 cm³/mol. The molecule has 5 rings (SSSR count). The molecule has 0 fully saturated rings. The molecule has 0 saturated heterocycles. The van der Waals surface area contributed by atoms with E-state index in [2.05, 4.69) is 72.5 Å². The number of aryl methyl sites for hydroxylation is 3. The van der Waals surface area contributed by atoms with Crippen LogP contribution < -0.4 is 5.19 Å². The molecule has 0 aliphatic rings. The second-order valence-corrected chi connectivity index (χ2v) is 15.5. The predicted octanol–water partition coefficient (Wildman–Crippen LogP) is 6.84. The molecule has 0 saturated carbocycles. The Morgan fingerprint density at radius 1 is 0.829 bits per heavy atom. The number of benzene rings is 3. The molecule has 0 aliphatic carbocycles. The monoisotopic (exact) mass is 477 g/mol. The van der Waals surface area contributed by atoms with E-state index in [0.29, 0.717) is 0 Å². The largest absolute Gasteiger partial charge is 0.507 e. The van der Waals surface area contributed by atoms with E-state index < -0.39 is 8.07 Å². The number of fused-ring (bicyclic) bond motifs is 1. The van der Waals surface area contributed by atoms with Gasteiger partial charge in [0.05, 0.1) is 30.4 Å². The molecular formula is C30H31N3OSi. The van der Waals surface area contributed by atoms with Crippen molar-refractivity contribution < 1.29 is 5.11 Å². The highest BCUT2D eigenvalue weighted by Gasteiger charge is 2.23. The minimum Gasteiger partial charge on any atom is -0.507 e. The van der Waals surface area contributed by atoms with Crippen molar-refractivity contribution in [3.8, 4) is 39.5 Å².